The van der Waals surface area contributed by atoms with Gasteiger partial charge in [-0.1, -0.05) is 12.1 Å². The van der Waals surface area contributed by atoms with E-state index < -0.39 is 0 Å². The fraction of sp³-hybridized carbons (Fsp3) is 0.455. The first-order valence-corrected chi connectivity index (χ1v) is 9.44. The van der Waals surface area contributed by atoms with Gasteiger partial charge in [-0.2, -0.15) is 0 Å². The first-order valence-electron chi connectivity index (χ1n) is 9.44. The fourth-order valence-corrected chi connectivity index (χ4v) is 6.47. The zero-order chi connectivity index (χ0) is 16.0. The Hall–Kier alpha value is -1.96. The molecule has 6 rings (SSSR count). The number of hydrogen-bond donors (Lipinski definition) is 2. The molecule has 4 bridgehead atoms. The van der Waals surface area contributed by atoms with Crippen molar-refractivity contribution in [2.24, 2.45) is 0 Å². The fourth-order valence-electron chi connectivity index (χ4n) is 6.47. The lowest BCUT2D eigenvalue weighted by atomic mass is 9.80. The quantitative estimate of drug-likeness (QED) is 0.729. The van der Waals surface area contributed by atoms with Crippen LogP contribution in [0.5, 0.6) is 11.5 Å². The molecule has 4 unspecified atom stereocenters. The number of aromatic hydroxyl groups is 2. The minimum absolute atomic E-state index is 0.498. The lowest BCUT2D eigenvalue weighted by molar-refractivity contribution is 0.460. The van der Waals surface area contributed by atoms with Crippen LogP contribution in [0.4, 0.5) is 0 Å². The maximum Gasteiger partial charge on any atom is 0.119 e. The molecule has 0 aromatic heterocycles. The SMILES string of the molecule is Oc1ccc(-c2ccc(O)c3c2C2CCC3C2)c2c1C1CCC2C1. The van der Waals surface area contributed by atoms with Gasteiger partial charge in [-0.3, -0.25) is 0 Å². The molecular weight excluding hydrogens is 296 g/mol. The lowest BCUT2D eigenvalue weighted by Gasteiger charge is -2.25. The summed E-state index contributed by atoms with van der Waals surface area (Å²) in [6.07, 6.45) is 7.42. The Morgan fingerprint density at radius 1 is 0.542 bits per heavy atom. The number of benzene rings is 2. The van der Waals surface area contributed by atoms with Gasteiger partial charge in [0.25, 0.3) is 0 Å². The van der Waals surface area contributed by atoms with Crippen molar-refractivity contribution in [1.82, 2.24) is 0 Å². The summed E-state index contributed by atoms with van der Waals surface area (Å²) < 4.78 is 0. The molecule has 2 N–H and O–H groups in total. The molecule has 2 heteroatoms. The number of phenolic OH excluding ortho intramolecular Hbond substituents is 2. The molecule has 0 saturated heterocycles. The van der Waals surface area contributed by atoms with E-state index >= 15 is 0 Å². The number of phenols is 2. The molecule has 4 atom stereocenters. The van der Waals surface area contributed by atoms with E-state index in [1.165, 1.54) is 71.9 Å². The van der Waals surface area contributed by atoms with Gasteiger partial charge in [-0.15, -0.1) is 0 Å². The van der Waals surface area contributed by atoms with E-state index in [1.807, 2.05) is 12.1 Å². The predicted molar refractivity (Wildman–Crippen MR) is 93.9 cm³/mol. The van der Waals surface area contributed by atoms with Gasteiger partial charge in [0.05, 0.1) is 0 Å². The van der Waals surface area contributed by atoms with E-state index in [1.54, 1.807) is 0 Å². The molecular formula is C22H22O2. The molecule has 0 heterocycles. The van der Waals surface area contributed by atoms with Crippen LogP contribution in [-0.2, 0) is 0 Å². The number of hydrogen-bond acceptors (Lipinski definition) is 2. The summed E-state index contributed by atoms with van der Waals surface area (Å²) in [7, 11) is 0. The second-order valence-electron chi connectivity index (χ2n) is 8.33. The highest BCUT2D eigenvalue weighted by atomic mass is 16.3. The van der Waals surface area contributed by atoms with Gasteiger partial charge in [0, 0.05) is 11.1 Å². The molecule has 0 amide bonds. The maximum atomic E-state index is 10.4. The summed E-state index contributed by atoms with van der Waals surface area (Å²) in [5, 5.41) is 20.9. The van der Waals surface area contributed by atoms with Crippen LogP contribution >= 0.6 is 0 Å². The molecule has 0 spiro atoms. The van der Waals surface area contributed by atoms with Crippen molar-refractivity contribution in [2.45, 2.75) is 62.2 Å². The molecule has 2 saturated carbocycles. The Morgan fingerprint density at radius 3 is 1.33 bits per heavy atom. The van der Waals surface area contributed by atoms with Crippen LogP contribution in [0.25, 0.3) is 11.1 Å². The van der Waals surface area contributed by atoms with Crippen molar-refractivity contribution >= 4 is 0 Å². The van der Waals surface area contributed by atoms with Crippen LogP contribution in [-0.4, -0.2) is 10.2 Å². The maximum absolute atomic E-state index is 10.4. The number of fused-ring (bicyclic) bond motifs is 10. The summed E-state index contributed by atoms with van der Waals surface area (Å²) in [5.41, 5.74) is 7.96. The van der Waals surface area contributed by atoms with Gasteiger partial charge in [-0.05, 0) is 96.6 Å². The molecule has 2 nitrogen and oxygen atoms in total. The van der Waals surface area contributed by atoms with Crippen LogP contribution in [0.2, 0.25) is 0 Å². The van der Waals surface area contributed by atoms with Crippen LogP contribution in [0, 0.1) is 0 Å². The van der Waals surface area contributed by atoms with Crippen molar-refractivity contribution < 1.29 is 10.2 Å². The van der Waals surface area contributed by atoms with E-state index in [0.717, 1.165) is 0 Å². The van der Waals surface area contributed by atoms with Gasteiger partial charge in [0.15, 0.2) is 0 Å². The highest BCUT2D eigenvalue weighted by molar-refractivity contribution is 5.79. The van der Waals surface area contributed by atoms with Crippen molar-refractivity contribution in [1.29, 1.82) is 0 Å². The van der Waals surface area contributed by atoms with E-state index in [4.69, 9.17) is 0 Å². The number of rotatable bonds is 1. The molecule has 0 aliphatic heterocycles. The minimum atomic E-state index is 0.498. The first-order chi connectivity index (χ1) is 11.7. The van der Waals surface area contributed by atoms with Gasteiger partial charge in [-0.25, -0.2) is 0 Å². The Morgan fingerprint density at radius 2 is 0.917 bits per heavy atom. The molecule has 2 aromatic carbocycles. The average molecular weight is 318 g/mol. The second-order valence-corrected chi connectivity index (χ2v) is 8.33. The van der Waals surface area contributed by atoms with Gasteiger partial charge in [0.2, 0.25) is 0 Å². The van der Waals surface area contributed by atoms with E-state index in [-0.39, 0.29) is 0 Å². The summed E-state index contributed by atoms with van der Waals surface area (Å²) in [6.45, 7) is 0. The Bertz CT molecular complexity index is 809. The average Bonchev–Trinajstić information content (AvgIpc) is 3.36. The van der Waals surface area contributed by atoms with E-state index in [2.05, 4.69) is 12.1 Å². The minimum Gasteiger partial charge on any atom is -0.508 e. The molecule has 4 aliphatic rings. The van der Waals surface area contributed by atoms with Gasteiger partial charge >= 0.3 is 0 Å². The Kier molecular flexibility index (Phi) is 2.42. The Labute approximate surface area is 142 Å². The van der Waals surface area contributed by atoms with Crippen LogP contribution < -0.4 is 0 Å². The second kappa shape index (κ2) is 4.36. The largest absolute Gasteiger partial charge is 0.508 e. The van der Waals surface area contributed by atoms with Crippen molar-refractivity contribution in [2.75, 3.05) is 0 Å². The van der Waals surface area contributed by atoms with Gasteiger partial charge in [0.1, 0.15) is 11.5 Å². The van der Waals surface area contributed by atoms with Crippen molar-refractivity contribution in [3.05, 3.63) is 46.5 Å². The van der Waals surface area contributed by atoms with Crippen LogP contribution in [0.1, 0.15) is 84.5 Å². The first kappa shape index (κ1) is 13.3. The smallest absolute Gasteiger partial charge is 0.119 e. The lowest BCUT2D eigenvalue weighted by Crippen LogP contribution is -2.05. The molecule has 24 heavy (non-hydrogen) atoms. The topological polar surface area (TPSA) is 40.5 Å². The highest BCUT2D eigenvalue weighted by Gasteiger charge is 2.43. The summed E-state index contributed by atoms with van der Waals surface area (Å²) in [6, 6.07) is 8.07. The molecule has 0 radical (unpaired) electrons. The zero-order valence-corrected chi connectivity index (χ0v) is 13.8. The standard InChI is InChI=1S/C22H22O2/c23-17-7-5-15(19-11-1-3-13(9-11)21(17)19)16-6-8-18(24)22-14-4-2-12(10-14)20(16)22/h5-8,11-14,23-24H,1-4,9-10H2. The molecule has 4 aliphatic carbocycles. The molecule has 2 fully saturated rings. The van der Waals surface area contributed by atoms with Gasteiger partial charge < -0.3 is 10.2 Å². The van der Waals surface area contributed by atoms with Crippen molar-refractivity contribution in [3.63, 3.8) is 0 Å². The third kappa shape index (κ3) is 1.48. The van der Waals surface area contributed by atoms with E-state index in [0.29, 0.717) is 35.2 Å². The monoisotopic (exact) mass is 318 g/mol. The van der Waals surface area contributed by atoms with Crippen LogP contribution in [0.3, 0.4) is 0 Å². The van der Waals surface area contributed by atoms with E-state index in [9.17, 15) is 10.2 Å². The summed E-state index contributed by atoms with van der Waals surface area (Å²) >= 11 is 0. The predicted octanol–water partition coefficient (Wildman–Crippen LogP) is 5.49. The highest BCUT2D eigenvalue weighted by Crippen LogP contribution is 2.62. The molecule has 122 valence electrons. The Balaban J connectivity index is 1.63. The summed E-state index contributed by atoms with van der Waals surface area (Å²) in [4.78, 5) is 0. The normalized spacial score (nSPS) is 31.5. The third-order valence-corrected chi connectivity index (χ3v) is 7.32. The van der Waals surface area contributed by atoms with Crippen molar-refractivity contribution in [3.8, 4) is 22.6 Å². The summed E-state index contributed by atoms with van der Waals surface area (Å²) in [5.74, 6) is 3.36. The molecule has 2 aromatic rings. The van der Waals surface area contributed by atoms with Crippen LogP contribution in [0.15, 0.2) is 24.3 Å². The zero-order valence-electron chi connectivity index (χ0n) is 13.8. The third-order valence-electron chi connectivity index (χ3n) is 7.32.